The van der Waals surface area contributed by atoms with E-state index >= 15 is 0 Å². The van der Waals surface area contributed by atoms with Gasteiger partial charge in [0.25, 0.3) is 0 Å². The van der Waals surface area contributed by atoms with Crippen LogP contribution < -0.4 is 10.6 Å². The summed E-state index contributed by atoms with van der Waals surface area (Å²) >= 11 is 0. The molecule has 2 N–H and O–H groups in total. The Balaban J connectivity index is 1.93. The van der Waals surface area contributed by atoms with Crippen LogP contribution in [0.15, 0.2) is 34.1 Å². The summed E-state index contributed by atoms with van der Waals surface area (Å²) in [5.41, 5.74) is 1.00. The minimum Gasteiger partial charge on any atom is -0.467 e. The summed E-state index contributed by atoms with van der Waals surface area (Å²) in [5.74, 6) is 1.25. The minimum absolute atomic E-state index is 0.270. The summed E-state index contributed by atoms with van der Waals surface area (Å²) in [5, 5.41) is 5.59. The quantitative estimate of drug-likeness (QED) is 0.787. The van der Waals surface area contributed by atoms with Gasteiger partial charge in [-0.05, 0) is 37.3 Å². The number of piperidine rings is 1. The van der Waals surface area contributed by atoms with E-state index in [4.69, 9.17) is 9.15 Å². The fourth-order valence-corrected chi connectivity index (χ4v) is 4.01. The first-order valence-corrected chi connectivity index (χ1v) is 9.21. The van der Waals surface area contributed by atoms with Gasteiger partial charge in [0.05, 0.1) is 18.4 Å². The molecule has 2 aliphatic rings. The maximum Gasteiger partial charge on any atom is 0.338 e. The van der Waals surface area contributed by atoms with Crippen molar-refractivity contribution in [2.75, 3.05) is 26.2 Å². The second-order valence-corrected chi connectivity index (χ2v) is 7.30. The van der Waals surface area contributed by atoms with Gasteiger partial charge in [-0.1, -0.05) is 13.8 Å². The average Bonchev–Trinajstić information content (AvgIpc) is 3.07. The number of nitrogens with one attached hydrogen (secondary N) is 2. The van der Waals surface area contributed by atoms with Crippen LogP contribution in [0.1, 0.15) is 39.0 Å². The van der Waals surface area contributed by atoms with Crippen LogP contribution in [-0.2, 0) is 9.53 Å². The summed E-state index contributed by atoms with van der Waals surface area (Å²) in [6.45, 7) is 8.89. The van der Waals surface area contributed by atoms with Crippen LogP contribution in [0, 0.1) is 11.8 Å². The number of carbonyl (C=O) groups is 2. The highest BCUT2D eigenvalue weighted by Crippen LogP contribution is 2.29. The van der Waals surface area contributed by atoms with E-state index in [-0.39, 0.29) is 12.6 Å². The van der Waals surface area contributed by atoms with E-state index in [1.165, 1.54) is 12.7 Å². The van der Waals surface area contributed by atoms with Crippen LogP contribution in [0.5, 0.6) is 0 Å². The molecule has 3 unspecified atom stereocenters. The number of furan rings is 1. The van der Waals surface area contributed by atoms with Gasteiger partial charge in [-0.2, -0.15) is 0 Å². The Hall–Kier alpha value is -2.28. The molecule has 1 fully saturated rings. The lowest BCUT2D eigenvalue weighted by Gasteiger charge is -2.37. The van der Waals surface area contributed by atoms with Gasteiger partial charge >= 0.3 is 12.0 Å². The second-order valence-electron chi connectivity index (χ2n) is 7.30. The monoisotopic (exact) mass is 361 g/mol. The highest BCUT2D eigenvalue weighted by molar-refractivity contribution is 5.95. The molecule has 0 bridgehead atoms. The summed E-state index contributed by atoms with van der Waals surface area (Å²) in [6.07, 6.45) is 2.73. The topological polar surface area (TPSA) is 83.8 Å². The number of esters is 1. The number of carbonyl (C=O) groups excluding carboxylic acids is 2. The maximum absolute atomic E-state index is 12.7. The van der Waals surface area contributed by atoms with Crippen molar-refractivity contribution in [1.29, 1.82) is 0 Å². The highest BCUT2D eigenvalue weighted by Gasteiger charge is 2.36. The Morgan fingerprint density at radius 3 is 2.69 bits per heavy atom. The Morgan fingerprint density at radius 1 is 1.35 bits per heavy atom. The lowest BCUT2D eigenvalue weighted by atomic mass is 9.91. The van der Waals surface area contributed by atoms with Gasteiger partial charge in [0, 0.05) is 25.3 Å². The van der Waals surface area contributed by atoms with Crippen molar-refractivity contribution in [3.05, 3.63) is 35.4 Å². The van der Waals surface area contributed by atoms with Crippen LogP contribution in [-0.4, -0.2) is 43.1 Å². The summed E-state index contributed by atoms with van der Waals surface area (Å²) in [7, 11) is 0. The summed E-state index contributed by atoms with van der Waals surface area (Å²) < 4.78 is 10.7. The molecular weight excluding hydrogens is 334 g/mol. The molecule has 3 rings (SSSR count). The molecule has 0 saturated carbocycles. The molecule has 3 heterocycles. The average molecular weight is 361 g/mol. The SMILES string of the molecule is CCOC(=O)C1=C(CN2CC(C)CC(C)C2)NC(=O)NC1c1ccco1. The minimum atomic E-state index is -0.646. The van der Waals surface area contributed by atoms with Crippen LogP contribution in [0.2, 0.25) is 0 Å². The second kappa shape index (κ2) is 7.95. The normalized spacial score (nSPS) is 27.0. The molecule has 1 aromatic heterocycles. The Morgan fingerprint density at radius 2 is 2.08 bits per heavy atom. The molecule has 1 aromatic rings. The third-order valence-electron chi connectivity index (χ3n) is 4.80. The first-order chi connectivity index (χ1) is 12.5. The predicted octanol–water partition coefficient (Wildman–Crippen LogP) is 2.43. The fraction of sp³-hybridized carbons (Fsp3) is 0.579. The summed E-state index contributed by atoms with van der Waals surface area (Å²) in [6, 6.07) is 2.50. The molecule has 0 aliphatic carbocycles. The Labute approximate surface area is 153 Å². The molecule has 0 radical (unpaired) electrons. The third-order valence-corrected chi connectivity index (χ3v) is 4.80. The molecule has 142 valence electrons. The van der Waals surface area contributed by atoms with E-state index in [2.05, 4.69) is 29.4 Å². The molecule has 7 nitrogen and oxygen atoms in total. The number of amides is 2. The molecular formula is C19H27N3O4. The van der Waals surface area contributed by atoms with E-state index in [0.29, 0.717) is 35.4 Å². The van der Waals surface area contributed by atoms with E-state index in [1.807, 2.05) is 0 Å². The molecule has 3 atom stereocenters. The van der Waals surface area contributed by atoms with E-state index in [9.17, 15) is 9.59 Å². The molecule has 0 spiro atoms. The van der Waals surface area contributed by atoms with Crippen molar-refractivity contribution in [3.8, 4) is 0 Å². The third kappa shape index (κ3) is 4.09. The first-order valence-electron chi connectivity index (χ1n) is 9.21. The number of nitrogens with zero attached hydrogens (tertiary/aromatic N) is 1. The molecule has 1 saturated heterocycles. The van der Waals surface area contributed by atoms with Crippen molar-refractivity contribution in [3.63, 3.8) is 0 Å². The van der Waals surface area contributed by atoms with Crippen LogP contribution in [0.3, 0.4) is 0 Å². The van der Waals surface area contributed by atoms with Crippen molar-refractivity contribution in [2.45, 2.75) is 33.2 Å². The zero-order valence-electron chi connectivity index (χ0n) is 15.6. The molecule has 7 heteroatoms. The standard InChI is InChI=1S/C19H27N3O4/c1-4-25-18(23)16-14(11-22-9-12(2)8-13(3)10-22)20-19(24)21-17(16)15-6-5-7-26-15/h5-7,12-13,17H,4,8-11H2,1-3H3,(H2,20,21,24). The molecule has 26 heavy (non-hydrogen) atoms. The van der Waals surface area contributed by atoms with Gasteiger partial charge in [-0.25, -0.2) is 9.59 Å². The maximum atomic E-state index is 12.7. The van der Waals surface area contributed by atoms with Crippen molar-refractivity contribution >= 4 is 12.0 Å². The molecule has 2 amide bonds. The zero-order chi connectivity index (χ0) is 18.7. The van der Waals surface area contributed by atoms with Crippen LogP contribution in [0.4, 0.5) is 4.79 Å². The van der Waals surface area contributed by atoms with Gasteiger partial charge in [-0.3, -0.25) is 4.90 Å². The van der Waals surface area contributed by atoms with Crippen LogP contribution in [0.25, 0.3) is 0 Å². The van der Waals surface area contributed by atoms with E-state index in [0.717, 1.165) is 13.1 Å². The Bertz CT molecular complexity index is 673. The lowest BCUT2D eigenvalue weighted by molar-refractivity contribution is -0.139. The van der Waals surface area contributed by atoms with Gasteiger partial charge < -0.3 is 19.8 Å². The van der Waals surface area contributed by atoms with Gasteiger partial charge in [-0.15, -0.1) is 0 Å². The smallest absolute Gasteiger partial charge is 0.338 e. The molecule has 0 aromatic carbocycles. The number of urea groups is 1. The summed E-state index contributed by atoms with van der Waals surface area (Å²) in [4.78, 5) is 27.2. The number of rotatable bonds is 5. The number of hydrogen-bond acceptors (Lipinski definition) is 5. The van der Waals surface area contributed by atoms with E-state index in [1.54, 1.807) is 19.1 Å². The first kappa shape index (κ1) is 18.5. The van der Waals surface area contributed by atoms with E-state index < -0.39 is 12.0 Å². The van der Waals surface area contributed by atoms with Gasteiger partial charge in [0.2, 0.25) is 0 Å². The number of likely N-dealkylation sites (tertiary alicyclic amines) is 1. The molecule has 2 aliphatic heterocycles. The van der Waals surface area contributed by atoms with Crippen molar-refractivity contribution < 1.29 is 18.7 Å². The van der Waals surface area contributed by atoms with Crippen molar-refractivity contribution in [2.24, 2.45) is 11.8 Å². The largest absolute Gasteiger partial charge is 0.467 e. The number of ether oxygens (including phenoxy) is 1. The highest BCUT2D eigenvalue weighted by atomic mass is 16.5. The van der Waals surface area contributed by atoms with Gasteiger partial charge in [0.1, 0.15) is 11.8 Å². The van der Waals surface area contributed by atoms with Gasteiger partial charge in [0.15, 0.2) is 0 Å². The number of hydrogen-bond donors (Lipinski definition) is 2. The van der Waals surface area contributed by atoms with Crippen molar-refractivity contribution in [1.82, 2.24) is 15.5 Å². The zero-order valence-corrected chi connectivity index (χ0v) is 15.6. The predicted molar refractivity (Wildman–Crippen MR) is 96.2 cm³/mol. The van der Waals surface area contributed by atoms with Crippen LogP contribution >= 0.6 is 0 Å². The lowest BCUT2D eigenvalue weighted by Crippen LogP contribution is -2.50. The fourth-order valence-electron chi connectivity index (χ4n) is 4.01. The Kier molecular flexibility index (Phi) is 5.66.